The van der Waals surface area contributed by atoms with Gasteiger partial charge in [-0.25, -0.2) is 5.01 Å². The summed E-state index contributed by atoms with van der Waals surface area (Å²) in [5, 5.41) is 2.11. The maximum atomic E-state index is 6.32. The summed E-state index contributed by atoms with van der Waals surface area (Å²) in [5.41, 5.74) is 0.313. The lowest BCUT2D eigenvalue weighted by atomic mass is 9.67. The molecular weight excluding hydrogens is 208 g/mol. The van der Waals surface area contributed by atoms with Crippen molar-refractivity contribution >= 4 is 0 Å². The predicted octanol–water partition coefficient (Wildman–Crippen LogP) is 3.71. The maximum absolute atomic E-state index is 6.32. The SMILES string of the molecule is CC1(C)CC(C2CCCCC2)CC(C)(C)N1N. The molecule has 0 spiro atoms. The van der Waals surface area contributed by atoms with Crippen LogP contribution in [0.4, 0.5) is 0 Å². The van der Waals surface area contributed by atoms with Crippen molar-refractivity contribution < 1.29 is 0 Å². The molecular formula is C15H30N2. The van der Waals surface area contributed by atoms with Crippen molar-refractivity contribution in [3.8, 4) is 0 Å². The van der Waals surface area contributed by atoms with Gasteiger partial charge in [-0.1, -0.05) is 32.1 Å². The Morgan fingerprint density at radius 1 is 0.824 bits per heavy atom. The second-order valence-electron chi connectivity index (χ2n) is 7.56. The molecule has 2 N–H and O–H groups in total. The van der Waals surface area contributed by atoms with Crippen LogP contribution in [0.5, 0.6) is 0 Å². The van der Waals surface area contributed by atoms with Gasteiger partial charge in [0.05, 0.1) is 0 Å². The zero-order valence-corrected chi connectivity index (χ0v) is 12.1. The molecule has 0 unspecified atom stereocenters. The number of hydrazine groups is 1. The molecule has 0 aromatic heterocycles. The van der Waals surface area contributed by atoms with E-state index in [-0.39, 0.29) is 11.1 Å². The summed E-state index contributed by atoms with van der Waals surface area (Å²) in [6.07, 6.45) is 9.83. The van der Waals surface area contributed by atoms with Crippen molar-refractivity contribution in [1.82, 2.24) is 5.01 Å². The molecule has 1 aliphatic carbocycles. The molecule has 0 radical (unpaired) electrons. The molecule has 2 heteroatoms. The lowest BCUT2D eigenvalue weighted by Gasteiger charge is -2.54. The van der Waals surface area contributed by atoms with E-state index in [0.717, 1.165) is 11.8 Å². The van der Waals surface area contributed by atoms with Gasteiger partial charge in [0, 0.05) is 11.1 Å². The normalized spacial score (nSPS) is 31.6. The van der Waals surface area contributed by atoms with E-state index >= 15 is 0 Å². The van der Waals surface area contributed by atoms with Crippen LogP contribution in [-0.4, -0.2) is 16.1 Å². The van der Waals surface area contributed by atoms with Gasteiger partial charge < -0.3 is 0 Å². The van der Waals surface area contributed by atoms with Crippen LogP contribution >= 0.6 is 0 Å². The summed E-state index contributed by atoms with van der Waals surface area (Å²) < 4.78 is 0. The zero-order valence-electron chi connectivity index (χ0n) is 12.1. The molecule has 0 aromatic rings. The number of nitrogens with two attached hydrogens (primary N) is 1. The highest BCUT2D eigenvalue weighted by molar-refractivity contribution is 4.99. The number of hydrogen-bond donors (Lipinski definition) is 1. The van der Waals surface area contributed by atoms with Crippen LogP contribution in [0.2, 0.25) is 0 Å². The molecule has 2 rings (SSSR count). The summed E-state index contributed by atoms with van der Waals surface area (Å²) in [6.45, 7) is 9.24. The minimum atomic E-state index is 0.157. The van der Waals surface area contributed by atoms with E-state index in [2.05, 4.69) is 32.7 Å². The number of rotatable bonds is 1. The highest BCUT2D eigenvalue weighted by Gasteiger charge is 2.45. The fraction of sp³-hybridized carbons (Fsp3) is 1.00. The highest BCUT2D eigenvalue weighted by Crippen LogP contribution is 2.45. The smallest absolute Gasteiger partial charge is 0.0304 e. The van der Waals surface area contributed by atoms with Gasteiger partial charge in [-0.05, 0) is 52.4 Å². The average Bonchev–Trinajstić information content (AvgIpc) is 2.26. The molecule has 0 atom stereocenters. The maximum Gasteiger partial charge on any atom is 0.0304 e. The second kappa shape index (κ2) is 4.55. The number of piperidine rings is 1. The highest BCUT2D eigenvalue weighted by atomic mass is 15.5. The first-order chi connectivity index (χ1) is 7.83. The molecule has 0 amide bonds. The fourth-order valence-electron chi connectivity index (χ4n) is 4.31. The summed E-state index contributed by atoms with van der Waals surface area (Å²) in [7, 11) is 0. The van der Waals surface area contributed by atoms with Crippen molar-refractivity contribution in [1.29, 1.82) is 0 Å². The van der Waals surface area contributed by atoms with Crippen molar-refractivity contribution in [3.63, 3.8) is 0 Å². The zero-order chi connectivity index (χ0) is 12.7. The van der Waals surface area contributed by atoms with Crippen LogP contribution in [0.1, 0.15) is 72.6 Å². The van der Waals surface area contributed by atoms with Gasteiger partial charge >= 0.3 is 0 Å². The van der Waals surface area contributed by atoms with Crippen LogP contribution in [-0.2, 0) is 0 Å². The minimum absolute atomic E-state index is 0.157. The molecule has 1 heterocycles. The third kappa shape index (κ3) is 2.68. The Balaban J connectivity index is 2.09. The van der Waals surface area contributed by atoms with E-state index in [1.807, 2.05) is 0 Å². The van der Waals surface area contributed by atoms with E-state index in [0.29, 0.717) is 0 Å². The fourth-order valence-corrected chi connectivity index (χ4v) is 4.31. The quantitative estimate of drug-likeness (QED) is 0.706. The molecule has 2 fully saturated rings. The first-order valence-electron chi connectivity index (χ1n) is 7.38. The van der Waals surface area contributed by atoms with E-state index in [1.54, 1.807) is 0 Å². The Morgan fingerprint density at radius 2 is 1.29 bits per heavy atom. The monoisotopic (exact) mass is 238 g/mol. The van der Waals surface area contributed by atoms with Gasteiger partial charge in [0.2, 0.25) is 0 Å². The topological polar surface area (TPSA) is 29.3 Å². The molecule has 2 aliphatic rings. The van der Waals surface area contributed by atoms with E-state index in [1.165, 1.54) is 44.9 Å². The van der Waals surface area contributed by atoms with Gasteiger partial charge in [-0.3, -0.25) is 5.84 Å². The second-order valence-corrected chi connectivity index (χ2v) is 7.56. The van der Waals surface area contributed by atoms with Gasteiger partial charge in [-0.2, -0.15) is 0 Å². The Bertz CT molecular complexity index is 246. The molecule has 17 heavy (non-hydrogen) atoms. The molecule has 1 saturated heterocycles. The lowest BCUT2D eigenvalue weighted by Crippen LogP contribution is -2.64. The molecule has 0 bridgehead atoms. The lowest BCUT2D eigenvalue weighted by molar-refractivity contribution is -0.0684. The summed E-state index contributed by atoms with van der Waals surface area (Å²) in [5.74, 6) is 8.17. The van der Waals surface area contributed by atoms with Gasteiger partial charge in [0.15, 0.2) is 0 Å². The van der Waals surface area contributed by atoms with Gasteiger partial charge in [0.1, 0.15) is 0 Å². The Morgan fingerprint density at radius 3 is 1.76 bits per heavy atom. The van der Waals surface area contributed by atoms with Crippen molar-refractivity contribution in [2.45, 2.75) is 83.7 Å². The Hall–Kier alpha value is -0.0800. The van der Waals surface area contributed by atoms with Crippen molar-refractivity contribution in [3.05, 3.63) is 0 Å². The number of hydrogen-bond acceptors (Lipinski definition) is 2. The van der Waals surface area contributed by atoms with E-state index in [4.69, 9.17) is 5.84 Å². The first-order valence-corrected chi connectivity index (χ1v) is 7.38. The number of nitrogens with zero attached hydrogens (tertiary/aromatic N) is 1. The third-order valence-corrected chi connectivity index (χ3v) is 5.14. The summed E-state index contributed by atoms with van der Waals surface area (Å²) >= 11 is 0. The van der Waals surface area contributed by atoms with Crippen LogP contribution in [0, 0.1) is 11.8 Å². The molecule has 0 aromatic carbocycles. The Labute approximate surface area is 107 Å². The van der Waals surface area contributed by atoms with Gasteiger partial charge in [0.25, 0.3) is 0 Å². The Kier molecular flexibility index (Phi) is 3.57. The van der Waals surface area contributed by atoms with Crippen molar-refractivity contribution in [2.24, 2.45) is 17.7 Å². The average molecular weight is 238 g/mol. The van der Waals surface area contributed by atoms with E-state index in [9.17, 15) is 0 Å². The predicted molar refractivity (Wildman–Crippen MR) is 73.5 cm³/mol. The van der Waals surface area contributed by atoms with Crippen LogP contribution in [0.25, 0.3) is 0 Å². The molecule has 1 aliphatic heterocycles. The van der Waals surface area contributed by atoms with Gasteiger partial charge in [-0.15, -0.1) is 0 Å². The van der Waals surface area contributed by atoms with Crippen LogP contribution in [0.3, 0.4) is 0 Å². The summed E-state index contributed by atoms with van der Waals surface area (Å²) in [4.78, 5) is 0. The van der Waals surface area contributed by atoms with Crippen molar-refractivity contribution in [2.75, 3.05) is 0 Å². The van der Waals surface area contributed by atoms with Crippen LogP contribution in [0.15, 0.2) is 0 Å². The summed E-state index contributed by atoms with van der Waals surface area (Å²) in [6, 6.07) is 0. The molecule has 2 nitrogen and oxygen atoms in total. The van der Waals surface area contributed by atoms with E-state index < -0.39 is 0 Å². The van der Waals surface area contributed by atoms with Crippen LogP contribution < -0.4 is 5.84 Å². The molecule has 100 valence electrons. The molecule has 1 saturated carbocycles. The first kappa shape index (κ1) is 13.4. The third-order valence-electron chi connectivity index (χ3n) is 5.14. The largest absolute Gasteiger partial charge is 0.268 e. The standard InChI is InChI=1S/C15H30N2/c1-14(2)10-13(11-15(3,4)17(14)16)12-8-6-5-7-9-12/h12-13H,5-11,16H2,1-4H3. The minimum Gasteiger partial charge on any atom is -0.268 e.